The van der Waals surface area contributed by atoms with E-state index in [1.54, 1.807) is 12.1 Å². The lowest BCUT2D eigenvalue weighted by Crippen LogP contribution is -2.35. The molecular formula is C17H14FNO2. The Labute approximate surface area is 121 Å². The van der Waals surface area contributed by atoms with Crippen molar-refractivity contribution in [3.63, 3.8) is 0 Å². The summed E-state index contributed by atoms with van der Waals surface area (Å²) in [6, 6.07) is 6.02. The molecule has 106 valence electrons. The number of hydrogen-bond donors (Lipinski definition) is 0. The number of hydrogen-bond acceptors (Lipinski definition) is 2. The highest BCUT2D eigenvalue weighted by Gasteiger charge is 2.73. The van der Waals surface area contributed by atoms with Crippen LogP contribution in [-0.4, -0.2) is 11.8 Å². The molecule has 2 saturated carbocycles. The lowest BCUT2D eigenvalue weighted by molar-refractivity contribution is -0.123. The van der Waals surface area contributed by atoms with E-state index in [2.05, 4.69) is 12.2 Å². The lowest BCUT2D eigenvalue weighted by atomic mass is 9.85. The SMILES string of the molecule is O=C1[C@@H]2[C@H](C(=O)N1c1ccccc1F)[C@H]1C=C[C@@H]2C12CC2. The maximum absolute atomic E-state index is 14.0. The van der Waals surface area contributed by atoms with Crippen LogP contribution in [0.4, 0.5) is 10.1 Å². The van der Waals surface area contributed by atoms with Crippen molar-refractivity contribution in [2.45, 2.75) is 12.8 Å². The first kappa shape index (κ1) is 11.7. The second-order valence-corrected chi connectivity index (χ2v) is 6.68. The molecule has 5 rings (SSSR count). The third kappa shape index (κ3) is 1.17. The Morgan fingerprint density at radius 1 is 1.00 bits per heavy atom. The van der Waals surface area contributed by atoms with Crippen LogP contribution < -0.4 is 4.90 Å². The van der Waals surface area contributed by atoms with Crippen LogP contribution >= 0.6 is 0 Å². The molecule has 3 aliphatic carbocycles. The number of nitrogens with zero attached hydrogens (tertiary/aromatic N) is 1. The molecule has 3 fully saturated rings. The van der Waals surface area contributed by atoms with Crippen molar-refractivity contribution < 1.29 is 14.0 Å². The number of carbonyl (C=O) groups is 2. The molecule has 1 aliphatic heterocycles. The van der Waals surface area contributed by atoms with Gasteiger partial charge in [0.1, 0.15) is 5.82 Å². The minimum atomic E-state index is -0.513. The first-order valence-electron chi connectivity index (χ1n) is 7.46. The molecule has 0 aromatic heterocycles. The van der Waals surface area contributed by atoms with E-state index in [0.717, 1.165) is 17.7 Å². The largest absolute Gasteiger partial charge is 0.274 e. The van der Waals surface area contributed by atoms with Crippen molar-refractivity contribution in [2.75, 3.05) is 4.90 Å². The van der Waals surface area contributed by atoms with Crippen molar-refractivity contribution in [1.82, 2.24) is 0 Å². The zero-order valence-electron chi connectivity index (χ0n) is 11.3. The zero-order valence-corrected chi connectivity index (χ0v) is 11.3. The smallest absolute Gasteiger partial charge is 0.238 e. The Morgan fingerprint density at radius 2 is 1.57 bits per heavy atom. The van der Waals surface area contributed by atoms with Crippen molar-refractivity contribution in [1.29, 1.82) is 0 Å². The van der Waals surface area contributed by atoms with Gasteiger partial charge in [0.05, 0.1) is 17.5 Å². The van der Waals surface area contributed by atoms with Crippen LogP contribution in [0.3, 0.4) is 0 Å². The predicted octanol–water partition coefficient (Wildman–Crippen LogP) is 2.53. The van der Waals surface area contributed by atoms with Gasteiger partial charge in [0, 0.05) is 0 Å². The van der Waals surface area contributed by atoms with Gasteiger partial charge in [-0.25, -0.2) is 9.29 Å². The molecule has 0 radical (unpaired) electrons. The molecule has 1 saturated heterocycles. The molecule has 4 heteroatoms. The molecule has 0 unspecified atom stereocenters. The zero-order chi connectivity index (χ0) is 14.4. The first-order valence-corrected chi connectivity index (χ1v) is 7.46. The van der Waals surface area contributed by atoms with Gasteiger partial charge in [-0.05, 0) is 42.2 Å². The summed E-state index contributed by atoms with van der Waals surface area (Å²) in [5.41, 5.74) is 0.285. The van der Waals surface area contributed by atoms with Gasteiger partial charge < -0.3 is 0 Å². The second kappa shape index (κ2) is 3.43. The molecule has 1 aromatic rings. The Hall–Kier alpha value is -1.97. The van der Waals surface area contributed by atoms with Crippen LogP contribution in [0.2, 0.25) is 0 Å². The van der Waals surface area contributed by atoms with E-state index in [4.69, 9.17) is 0 Å². The van der Waals surface area contributed by atoms with Crippen LogP contribution in [0.15, 0.2) is 36.4 Å². The molecule has 2 bridgehead atoms. The van der Waals surface area contributed by atoms with Crippen LogP contribution in [-0.2, 0) is 9.59 Å². The molecule has 1 aromatic carbocycles. The molecule has 0 N–H and O–H groups in total. The van der Waals surface area contributed by atoms with E-state index in [9.17, 15) is 14.0 Å². The summed E-state index contributed by atoms with van der Waals surface area (Å²) in [7, 11) is 0. The van der Waals surface area contributed by atoms with Crippen molar-refractivity contribution in [2.24, 2.45) is 29.1 Å². The number of carbonyl (C=O) groups excluding carboxylic acids is 2. The van der Waals surface area contributed by atoms with Crippen molar-refractivity contribution in [3.05, 3.63) is 42.2 Å². The Kier molecular flexibility index (Phi) is 1.91. The van der Waals surface area contributed by atoms with E-state index in [1.165, 1.54) is 12.1 Å². The lowest BCUT2D eigenvalue weighted by Gasteiger charge is -2.21. The summed E-state index contributed by atoms with van der Waals surface area (Å²) in [5, 5.41) is 0. The van der Waals surface area contributed by atoms with Crippen LogP contribution in [0.5, 0.6) is 0 Å². The predicted molar refractivity (Wildman–Crippen MR) is 73.7 cm³/mol. The molecule has 3 nitrogen and oxygen atoms in total. The maximum Gasteiger partial charge on any atom is 0.238 e. The van der Waals surface area contributed by atoms with E-state index in [1.807, 2.05) is 0 Å². The van der Waals surface area contributed by atoms with Gasteiger partial charge in [0.2, 0.25) is 11.8 Å². The Morgan fingerprint density at radius 3 is 2.10 bits per heavy atom. The first-order chi connectivity index (χ1) is 10.1. The van der Waals surface area contributed by atoms with Gasteiger partial charge in [0.15, 0.2) is 0 Å². The molecule has 1 heterocycles. The quantitative estimate of drug-likeness (QED) is 0.586. The van der Waals surface area contributed by atoms with Gasteiger partial charge in [-0.3, -0.25) is 9.59 Å². The van der Waals surface area contributed by atoms with Crippen molar-refractivity contribution in [3.8, 4) is 0 Å². The highest BCUT2D eigenvalue weighted by atomic mass is 19.1. The van der Waals surface area contributed by atoms with Crippen LogP contribution in [0, 0.1) is 34.9 Å². The van der Waals surface area contributed by atoms with Gasteiger partial charge >= 0.3 is 0 Å². The number of benzene rings is 1. The molecule has 21 heavy (non-hydrogen) atoms. The number of imide groups is 1. The fourth-order valence-corrected chi connectivity index (χ4v) is 4.95. The summed E-state index contributed by atoms with van der Waals surface area (Å²) in [6.45, 7) is 0. The average Bonchev–Trinajstić information content (AvgIpc) is 3.07. The number of halogens is 1. The van der Waals surface area contributed by atoms with Crippen molar-refractivity contribution >= 4 is 17.5 Å². The number of amides is 2. The molecule has 4 aliphatic rings. The highest BCUT2D eigenvalue weighted by Crippen LogP contribution is 2.73. The molecule has 2 amide bonds. The Balaban J connectivity index is 1.61. The fraction of sp³-hybridized carbons (Fsp3) is 0.412. The van der Waals surface area contributed by atoms with Crippen LogP contribution in [0.25, 0.3) is 0 Å². The number of rotatable bonds is 1. The molecular weight excluding hydrogens is 269 g/mol. The number of para-hydroxylation sites is 1. The van der Waals surface area contributed by atoms with E-state index in [0.29, 0.717) is 0 Å². The summed E-state index contributed by atoms with van der Waals surface area (Å²) in [6.07, 6.45) is 6.47. The van der Waals surface area contributed by atoms with E-state index in [-0.39, 0.29) is 46.6 Å². The summed E-state index contributed by atoms with van der Waals surface area (Å²) >= 11 is 0. The maximum atomic E-state index is 14.0. The Bertz CT molecular complexity index is 687. The standard InChI is InChI=1S/C17H14FNO2/c18-11-3-1-2-4-12(11)19-15(20)13-9-5-6-10(14(13)16(19)21)17(9)7-8-17/h1-6,9-10,13-14H,7-8H2/t9-,10+,13-,14+. The third-order valence-electron chi connectivity index (χ3n) is 5.95. The van der Waals surface area contributed by atoms with E-state index < -0.39 is 5.82 Å². The monoisotopic (exact) mass is 283 g/mol. The van der Waals surface area contributed by atoms with Gasteiger partial charge in [0.25, 0.3) is 0 Å². The minimum Gasteiger partial charge on any atom is -0.274 e. The summed E-state index contributed by atoms with van der Waals surface area (Å²) < 4.78 is 14.0. The van der Waals surface area contributed by atoms with Crippen LogP contribution in [0.1, 0.15) is 12.8 Å². The molecule has 1 spiro atoms. The average molecular weight is 283 g/mol. The second-order valence-electron chi connectivity index (χ2n) is 6.68. The number of anilines is 1. The summed E-state index contributed by atoms with van der Waals surface area (Å²) in [4.78, 5) is 26.6. The number of fused-ring (bicyclic) bond motifs is 3. The highest BCUT2D eigenvalue weighted by molar-refractivity contribution is 6.23. The molecule has 4 atom stereocenters. The normalized spacial score (nSPS) is 37.7. The minimum absolute atomic E-state index is 0.103. The van der Waals surface area contributed by atoms with Gasteiger partial charge in [-0.15, -0.1) is 0 Å². The fourth-order valence-electron chi connectivity index (χ4n) is 4.95. The third-order valence-corrected chi connectivity index (χ3v) is 5.95. The summed E-state index contributed by atoms with van der Waals surface area (Å²) in [5.74, 6) is -1.11. The van der Waals surface area contributed by atoms with E-state index >= 15 is 0 Å². The number of allylic oxidation sites excluding steroid dienone is 2. The topological polar surface area (TPSA) is 37.4 Å². The van der Waals surface area contributed by atoms with Gasteiger partial charge in [-0.2, -0.15) is 0 Å². The van der Waals surface area contributed by atoms with Gasteiger partial charge in [-0.1, -0.05) is 24.3 Å².